The van der Waals surface area contributed by atoms with Crippen molar-refractivity contribution in [3.8, 4) is 0 Å². The van der Waals surface area contributed by atoms with Gasteiger partial charge in [-0.2, -0.15) is 0 Å². The van der Waals surface area contributed by atoms with Gasteiger partial charge in [0.05, 0.1) is 11.0 Å². The molecule has 0 radical (unpaired) electrons. The molecule has 3 aromatic rings. The quantitative estimate of drug-likeness (QED) is 0.711. The third-order valence-electron chi connectivity index (χ3n) is 2.48. The Labute approximate surface area is 96.4 Å². The van der Waals surface area contributed by atoms with E-state index in [2.05, 4.69) is 9.97 Å². The van der Waals surface area contributed by atoms with Gasteiger partial charge in [0.2, 0.25) is 0 Å². The molecule has 16 heavy (non-hydrogen) atoms. The Morgan fingerprint density at radius 2 is 2.06 bits per heavy atom. The molecule has 0 amide bonds. The second-order valence-electron chi connectivity index (χ2n) is 3.56. The maximum atomic E-state index is 10.1. The number of nitrogens with zero attached hydrogens (tertiary/aromatic N) is 1. The highest BCUT2D eigenvalue weighted by Crippen LogP contribution is 2.25. The van der Waals surface area contributed by atoms with E-state index < -0.39 is 6.10 Å². The summed E-state index contributed by atoms with van der Waals surface area (Å²) in [4.78, 5) is 8.40. The molecule has 0 fully saturated rings. The van der Waals surface area contributed by atoms with Crippen LogP contribution in [0.2, 0.25) is 0 Å². The molecule has 1 unspecified atom stereocenters. The Balaban J connectivity index is 2.06. The van der Waals surface area contributed by atoms with Crippen LogP contribution in [-0.2, 0) is 0 Å². The van der Waals surface area contributed by atoms with E-state index in [1.807, 2.05) is 41.8 Å². The van der Waals surface area contributed by atoms with Crippen LogP contribution >= 0.6 is 11.3 Å². The van der Waals surface area contributed by atoms with Crippen molar-refractivity contribution in [3.63, 3.8) is 0 Å². The van der Waals surface area contributed by atoms with Gasteiger partial charge in [-0.25, -0.2) is 4.98 Å². The number of hydrogen-bond donors (Lipinski definition) is 2. The number of benzene rings is 1. The first-order valence-electron chi connectivity index (χ1n) is 5.01. The minimum Gasteiger partial charge on any atom is -0.380 e. The topological polar surface area (TPSA) is 48.9 Å². The second-order valence-corrected chi connectivity index (χ2v) is 4.54. The highest BCUT2D eigenvalue weighted by molar-refractivity contribution is 7.10. The lowest BCUT2D eigenvalue weighted by Gasteiger charge is -2.03. The van der Waals surface area contributed by atoms with Crippen LogP contribution in [0.5, 0.6) is 0 Å². The normalized spacial score (nSPS) is 13.1. The van der Waals surface area contributed by atoms with Crippen LogP contribution in [0.1, 0.15) is 16.8 Å². The molecular weight excluding hydrogens is 220 g/mol. The van der Waals surface area contributed by atoms with Gasteiger partial charge in [0.1, 0.15) is 11.9 Å². The SMILES string of the molecule is OC(c1nc2ccccc2[nH]1)c1cccs1. The fourth-order valence-corrected chi connectivity index (χ4v) is 2.40. The number of fused-ring (bicyclic) bond motifs is 1. The Morgan fingerprint density at radius 3 is 2.81 bits per heavy atom. The first-order valence-corrected chi connectivity index (χ1v) is 5.88. The van der Waals surface area contributed by atoms with Crippen LogP contribution in [-0.4, -0.2) is 15.1 Å². The number of aromatic nitrogens is 2. The van der Waals surface area contributed by atoms with Gasteiger partial charge < -0.3 is 10.1 Å². The van der Waals surface area contributed by atoms with E-state index in [-0.39, 0.29) is 0 Å². The van der Waals surface area contributed by atoms with E-state index in [1.165, 1.54) is 11.3 Å². The predicted molar refractivity (Wildman–Crippen MR) is 64.5 cm³/mol. The zero-order valence-corrected chi connectivity index (χ0v) is 9.24. The molecule has 0 aliphatic heterocycles. The first kappa shape index (κ1) is 9.57. The maximum Gasteiger partial charge on any atom is 0.146 e. The van der Waals surface area contributed by atoms with E-state index in [1.54, 1.807) is 0 Å². The zero-order valence-electron chi connectivity index (χ0n) is 8.42. The summed E-state index contributed by atoms with van der Waals surface area (Å²) in [6.07, 6.45) is -0.660. The number of aliphatic hydroxyl groups excluding tert-OH is 1. The first-order chi connectivity index (χ1) is 7.84. The number of rotatable bonds is 2. The fourth-order valence-electron chi connectivity index (χ4n) is 1.68. The van der Waals surface area contributed by atoms with Crippen LogP contribution in [0.15, 0.2) is 41.8 Å². The summed E-state index contributed by atoms with van der Waals surface area (Å²) in [6.45, 7) is 0. The van der Waals surface area contributed by atoms with Crippen molar-refractivity contribution >= 4 is 22.4 Å². The van der Waals surface area contributed by atoms with Crippen molar-refractivity contribution < 1.29 is 5.11 Å². The van der Waals surface area contributed by atoms with Crippen LogP contribution < -0.4 is 0 Å². The molecule has 0 aliphatic rings. The third kappa shape index (κ3) is 1.52. The summed E-state index contributed by atoms with van der Waals surface area (Å²) in [5, 5.41) is 12.0. The fraction of sp³-hybridized carbons (Fsp3) is 0.0833. The second kappa shape index (κ2) is 3.73. The molecule has 0 aliphatic carbocycles. The maximum absolute atomic E-state index is 10.1. The zero-order chi connectivity index (χ0) is 11.0. The molecule has 2 N–H and O–H groups in total. The van der Waals surface area contributed by atoms with Gasteiger partial charge >= 0.3 is 0 Å². The van der Waals surface area contributed by atoms with Crippen LogP contribution in [0.25, 0.3) is 11.0 Å². The van der Waals surface area contributed by atoms with Gasteiger partial charge in [0.15, 0.2) is 0 Å². The number of hydrogen-bond acceptors (Lipinski definition) is 3. The Kier molecular flexibility index (Phi) is 2.23. The minimum absolute atomic E-state index is 0.601. The van der Waals surface area contributed by atoms with Gasteiger partial charge in [-0.05, 0) is 23.6 Å². The summed E-state index contributed by atoms with van der Waals surface area (Å²) >= 11 is 1.53. The van der Waals surface area contributed by atoms with Gasteiger partial charge in [-0.3, -0.25) is 0 Å². The highest BCUT2D eigenvalue weighted by atomic mass is 32.1. The molecule has 2 heterocycles. The summed E-state index contributed by atoms with van der Waals surface area (Å²) < 4.78 is 0. The van der Waals surface area contributed by atoms with Crippen LogP contribution in [0, 0.1) is 0 Å². The highest BCUT2D eigenvalue weighted by Gasteiger charge is 2.15. The van der Waals surface area contributed by atoms with Crippen molar-refractivity contribution in [2.45, 2.75) is 6.10 Å². The molecule has 1 atom stereocenters. The number of para-hydroxylation sites is 2. The summed E-state index contributed by atoms with van der Waals surface area (Å²) in [5.74, 6) is 0.601. The molecule has 3 rings (SSSR count). The largest absolute Gasteiger partial charge is 0.380 e. The average molecular weight is 230 g/mol. The van der Waals surface area contributed by atoms with Crippen molar-refractivity contribution in [1.29, 1.82) is 0 Å². The van der Waals surface area contributed by atoms with Crippen LogP contribution in [0.3, 0.4) is 0 Å². The molecule has 2 aromatic heterocycles. The van der Waals surface area contributed by atoms with Crippen molar-refractivity contribution in [2.75, 3.05) is 0 Å². The lowest BCUT2D eigenvalue weighted by atomic mass is 10.3. The van der Waals surface area contributed by atoms with E-state index >= 15 is 0 Å². The van der Waals surface area contributed by atoms with E-state index in [9.17, 15) is 5.11 Å². The molecular formula is C12H10N2OS. The standard InChI is InChI=1S/C12H10N2OS/c15-11(10-6-3-7-16-10)12-13-8-4-1-2-5-9(8)14-12/h1-7,11,15H,(H,13,14). The lowest BCUT2D eigenvalue weighted by Crippen LogP contribution is -1.98. The predicted octanol–water partition coefficient (Wildman–Crippen LogP) is 2.71. The van der Waals surface area contributed by atoms with E-state index in [0.29, 0.717) is 5.82 Å². The van der Waals surface area contributed by atoms with Crippen LogP contribution in [0.4, 0.5) is 0 Å². The smallest absolute Gasteiger partial charge is 0.146 e. The number of imidazole rings is 1. The number of aliphatic hydroxyl groups is 1. The Bertz CT molecular complexity index is 567. The van der Waals surface area contributed by atoms with Gasteiger partial charge in [0.25, 0.3) is 0 Å². The van der Waals surface area contributed by atoms with Gasteiger partial charge in [0, 0.05) is 4.88 Å². The third-order valence-corrected chi connectivity index (χ3v) is 3.40. The Hall–Kier alpha value is -1.65. The molecule has 1 aromatic carbocycles. The summed E-state index contributed by atoms with van der Waals surface area (Å²) in [6, 6.07) is 11.6. The van der Waals surface area contributed by atoms with E-state index in [0.717, 1.165) is 15.9 Å². The monoisotopic (exact) mass is 230 g/mol. The Morgan fingerprint density at radius 1 is 1.19 bits per heavy atom. The number of thiophene rings is 1. The molecule has 0 spiro atoms. The summed E-state index contributed by atoms with van der Waals surface area (Å²) in [7, 11) is 0. The average Bonchev–Trinajstić information content (AvgIpc) is 2.97. The number of H-pyrrole nitrogens is 1. The lowest BCUT2D eigenvalue weighted by molar-refractivity contribution is 0.215. The van der Waals surface area contributed by atoms with Crippen molar-refractivity contribution in [3.05, 3.63) is 52.5 Å². The van der Waals surface area contributed by atoms with Gasteiger partial charge in [-0.1, -0.05) is 18.2 Å². The molecule has 4 heteroatoms. The molecule has 0 saturated heterocycles. The molecule has 0 saturated carbocycles. The van der Waals surface area contributed by atoms with Gasteiger partial charge in [-0.15, -0.1) is 11.3 Å². The minimum atomic E-state index is -0.660. The van der Waals surface area contributed by atoms with E-state index in [4.69, 9.17) is 0 Å². The number of aromatic amines is 1. The summed E-state index contributed by atoms with van der Waals surface area (Å²) in [5.41, 5.74) is 1.83. The number of nitrogens with one attached hydrogen (secondary N) is 1. The molecule has 0 bridgehead atoms. The molecule has 80 valence electrons. The van der Waals surface area contributed by atoms with Crippen molar-refractivity contribution in [2.24, 2.45) is 0 Å². The van der Waals surface area contributed by atoms with Crippen molar-refractivity contribution in [1.82, 2.24) is 9.97 Å². The molecule has 3 nitrogen and oxygen atoms in total.